The number of aryl methyl sites for hydroxylation is 1. The average molecular weight is 440 g/mol. The highest BCUT2D eigenvalue weighted by Crippen LogP contribution is 2.27. The van der Waals surface area contributed by atoms with Gasteiger partial charge in [0.25, 0.3) is 0 Å². The zero-order valence-corrected chi connectivity index (χ0v) is 18.1. The molecule has 3 aromatic carbocycles. The van der Waals surface area contributed by atoms with Crippen LogP contribution in [0, 0.1) is 35.1 Å². The van der Waals surface area contributed by atoms with Crippen molar-refractivity contribution in [2.45, 2.75) is 39.5 Å². The number of unbranched alkanes of at least 4 members (excludes halogenated alkanes) is 2. The molecule has 0 aliphatic carbocycles. The number of hydrogen-bond acceptors (Lipinski definition) is 1. The molecule has 5 heteroatoms. The first-order valence-corrected chi connectivity index (χ1v) is 10.7. The van der Waals surface area contributed by atoms with Crippen molar-refractivity contribution in [1.82, 2.24) is 0 Å². The molecule has 0 unspecified atom stereocenters. The molecule has 0 amide bonds. The average Bonchev–Trinajstić information content (AvgIpc) is 2.80. The van der Waals surface area contributed by atoms with E-state index in [9.17, 15) is 17.6 Å². The van der Waals surface area contributed by atoms with E-state index in [4.69, 9.17) is 4.74 Å². The molecule has 0 N–H and O–H groups in total. The third-order valence-corrected chi connectivity index (χ3v) is 5.09. The first-order chi connectivity index (χ1) is 15.5. The van der Waals surface area contributed by atoms with Gasteiger partial charge in [-0.2, -0.15) is 4.39 Å². The van der Waals surface area contributed by atoms with Crippen LogP contribution in [0.25, 0.3) is 11.1 Å². The fraction of sp³-hybridized carbons (Fsp3) is 0.259. The molecular formula is C27H24F4O. The van der Waals surface area contributed by atoms with Gasteiger partial charge >= 0.3 is 0 Å². The Hall–Kier alpha value is -3.26. The van der Waals surface area contributed by atoms with Crippen molar-refractivity contribution in [3.05, 3.63) is 88.5 Å². The Balaban J connectivity index is 1.84. The number of rotatable bonds is 7. The van der Waals surface area contributed by atoms with Crippen molar-refractivity contribution < 1.29 is 22.3 Å². The molecule has 0 bridgehead atoms. The largest absolute Gasteiger partial charge is 0.491 e. The summed E-state index contributed by atoms with van der Waals surface area (Å²) < 4.78 is 62.4. The van der Waals surface area contributed by atoms with Crippen molar-refractivity contribution in [2.24, 2.45) is 0 Å². The second-order valence-electron chi connectivity index (χ2n) is 7.36. The SMILES string of the molecule is CCCCCc1ccc(-c2ccc(C#Cc3ccc(OCC)c(F)c3F)c(F)c2F)cc1. The summed E-state index contributed by atoms with van der Waals surface area (Å²) >= 11 is 0. The molecule has 0 spiro atoms. The van der Waals surface area contributed by atoms with Gasteiger partial charge < -0.3 is 4.74 Å². The number of hydrogen-bond donors (Lipinski definition) is 0. The molecule has 0 radical (unpaired) electrons. The van der Waals surface area contributed by atoms with Crippen molar-refractivity contribution in [3.63, 3.8) is 0 Å². The van der Waals surface area contributed by atoms with Crippen molar-refractivity contribution in [2.75, 3.05) is 6.61 Å². The molecule has 3 aromatic rings. The van der Waals surface area contributed by atoms with Crippen LogP contribution in [0.15, 0.2) is 48.5 Å². The maximum atomic E-state index is 14.7. The van der Waals surface area contributed by atoms with Crippen LogP contribution in [0.4, 0.5) is 17.6 Å². The van der Waals surface area contributed by atoms with Gasteiger partial charge in [0, 0.05) is 5.56 Å². The summed E-state index contributed by atoms with van der Waals surface area (Å²) in [5.41, 5.74) is 1.31. The predicted octanol–water partition coefficient (Wildman–Crippen LogP) is 7.44. The summed E-state index contributed by atoms with van der Waals surface area (Å²) in [6.45, 7) is 3.97. The lowest BCUT2D eigenvalue weighted by atomic mass is 9.99. The van der Waals surface area contributed by atoms with Crippen LogP contribution in [-0.2, 0) is 6.42 Å². The zero-order valence-electron chi connectivity index (χ0n) is 18.1. The van der Waals surface area contributed by atoms with E-state index in [1.54, 1.807) is 19.1 Å². The second kappa shape index (κ2) is 10.9. The van der Waals surface area contributed by atoms with Crippen molar-refractivity contribution in [1.29, 1.82) is 0 Å². The molecule has 0 heterocycles. The minimum Gasteiger partial charge on any atom is -0.491 e. The van der Waals surface area contributed by atoms with E-state index in [-0.39, 0.29) is 29.0 Å². The lowest BCUT2D eigenvalue weighted by Gasteiger charge is -2.08. The lowest BCUT2D eigenvalue weighted by molar-refractivity contribution is 0.314. The van der Waals surface area contributed by atoms with Crippen LogP contribution < -0.4 is 4.74 Å². The van der Waals surface area contributed by atoms with E-state index in [2.05, 4.69) is 18.8 Å². The Morgan fingerprint density at radius 1 is 0.688 bits per heavy atom. The predicted molar refractivity (Wildman–Crippen MR) is 119 cm³/mol. The standard InChI is InChI=1S/C27H24F4O/c1-3-5-6-7-18-8-10-19(11-9-18)22-16-14-20(24(28)26(22)30)12-13-21-15-17-23(32-4-2)27(31)25(21)29/h8-11,14-17H,3-7H2,1-2H3. The van der Waals surface area contributed by atoms with E-state index < -0.39 is 23.3 Å². The van der Waals surface area contributed by atoms with E-state index in [0.29, 0.717) is 5.56 Å². The monoisotopic (exact) mass is 440 g/mol. The van der Waals surface area contributed by atoms with E-state index in [1.165, 1.54) is 24.3 Å². The Kier molecular flexibility index (Phi) is 7.94. The zero-order chi connectivity index (χ0) is 23.1. The Morgan fingerprint density at radius 2 is 1.31 bits per heavy atom. The van der Waals surface area contributed by atoms with E-state index in [0.717, 1.165) is 31.2 Å². The maximum absolute atomic E-state index is 14.7. The summed E-state index contributed by atoms with van der Waals surface area (Å²) in [4.78, 5) is 0. The molecule has 166 valence electrons. The van der Waals surface area contributed by atoms with Crippen LogP contribution in [0.5, 0.6) is 5.75 Å². The number of benzene rings is 3. The van der Waals surface area contributed by atoms with Gasteiger partial charge in [0.2, 0.25) is 5.82 Å². The van der Waals surface area contributed by atoms with Crippen LogP contribution in [0.2, 0.25) is 0 Å². The molecule has 0 aliphatic heterocycles. The third kappa shape index (κ3) is 5.31. The van der Waals surface area contributed by atoms with Gasteiger partial charge in [0.15, 0.2) is 23.2 Å². The quantitative estimate of drug-likeness (QED) is 0.211. The first-order valence-electron chi connectivity index (χ1n) is 10.7. The summed E-state index contributed by atoms with van der Waals surface area (Å²) in [6, 6.07) is 12.6. The summed E-state index contributed by atoms with van der Waals surface area (Å²) in [5.74, 6) is 0.0102. The molecule has 0 saturated carbocycles. The molecular weight excluding hydrogens is 416 g/mol. The van der Waals surface area contributed by atoms with Gasteiger partial charge in [-0.15, -0.1) is 0 Å². The molecule has 0 fully saturated rings. The lowest BCUT2D eigenvalue weighted by Crippen LogP contribution is -1.99. The second-order valence-corrected chi connectivity index (χ2v) is 7.36. The van der Waals surface area contributed by atoms with Crippen LogP contribution >= 0.6 is 0 Å². The highest BCUT2D eigenvalue weighted by atomic mass is 19.2. The normalized spacial score (nSPS) is 10.6. The Labute approximate surface area is 186 Å². The molecule has 3 rings (SSSR count). The molecule has 0 aromatic heterocycles. The minimum atomic E-state index is -1.19. The van der Waals surface area contributed by atoms with Gasteiger partial charge in [-0.3, -0.25) is 0 Å². The van der Waals surface area contributed by atoms with Gasteiger partial charge in [-0.05, 0) is 55.2 Å². The minimum absolute atomic E-state index is 0.117. The molecule has 0 aliphatic rings. The Bertz CT molecular complexity index is 1140. The van der Waals surface area contributed by atoms with E-state index >= 15 is 0 Å². The van der Waals surface area contributed by atoms with Crippen molar-refractivity contribution >= 4 is 0 Å². The fourth-order valence-corrected chi connectivity index (χ4v) is 3.33. The summed E-state index contributed by atoms with van der Waals surface area (Å²) in [6.07, 6.45) is 4.32. The number of ether oxygens (including phenoxy) is 1. The van der Waals surface area contributed by atoms with Crippen LogP contribution in [-0.4, -0.2) is 6.61 Å². The summed E-state index contributed by atoms with van der Waals surface area (Å²) in [7, 11) is 0. The fourth-order valence-electron chi connectivity index (χ4n) is 3.33. The topological polar surface area (TPSA) is 9.23 Å². The molecule has 1 nitrogen and oxygen atoms in total. The highest BCUT2D eigenvalue weighted by Gasteiger charge is 2.15. The maximum Gasteiger partial charge on any atom is 0.201 e. The van der Waals surface area contributed by atoms with E-state index in [1.807, 2.05) is 12.1 Å². The van der Waals surface area contributed by atoms with Gasteiger partial charge in [0.1, 0.15) is 0 Å². The van der Waals surface area contributed by atoms with Gasteiger partial charge in [-0.1, -0.05) is 55.9 Å². The third-order valence-electron chi connectivity index (χ3n) is 5.09. The highest BCUT2D eigenvalue weighted by molar-refractivity contribution is 5.66. The Morgan fingerprint density at radius 3 is 1.94 bits per heavy atom. The number of halogens is 4. The molecule has 32 heavy (non-hydrogen) atoms. The first kappa shape index (κ1) is 23.4. The van der Waals surface area contributed by atoms with Gasteiger partial charge in [0.05, 0.1) is 17.7 Å². The van der Waals surface area contributed by atoms with Crippen molar-refractivity contribution in [3.8, 4) is 28.7 Å². The smallest absolute Gasteiger partial charge is 0.201 e. The van der Waals surface area contributed by atoms with Gasteiger partial charge in [-0.25, -0.2) is 13.2 Å². The summed E-state index contributed by atoms with van der Waals surface area (Å²) in [5, 5.41) is 0. The molecule has 0 saturated heterocycles. The van der Waals surface area contributed by atoms with Crippen LogP contribution in [0.1, 0.15) is 49.8 Å². The molecule has 0 atom stereocenters. The van der Waals surface area contributed by atoms with Crippen LogP contribution in [0.3, 0.4) is 0 Å².